The minimum Gasteiger partial charge on any atom is -0.420 e. The van der Waals surface area contributed by atoms with Crippen LogP contribution in [0.25, 0.3) is 10.8 Å². The number of carbonyl (C=O) groups is 1. The van der Waals surface area contributed by atoms with Crippen molar-refractivity contribution in [2.75, 3.05) is 5.32 Å². The van der Waals surface area contributed by atoms with Gasteiger partial charge in [0.1, 0.15) is 4.88 Å². The maximum absolute atomic E-state index is 10.9. The van der Waals surface area contributed by atoms with Crippen LogP contribution < -0.4 is 11.1 Å². The van der Waals surface area contributed by atoms with Gasteiger partial charge in [0.2, 0.25) is 5.89 Å². The molecule has 2 aromatic rings. The number of halogens is 1. The largest absolute Gasteiger partial charge is 0.420 e. The molecule has 0 saturated heterocycles. The van der Waals surface area contributed by atoms with Crippen LogP contribution in [0.15, 0.2) is 14.3 Å². The summed E-state index contributed by atoms with van der Waals surface area (Å²) in [6, 6.07) is 1.13. The Kier molecular flexibility index (Phi) is 2.83. The van der Waals surface area contributed by atoms with Crippen molar-refractivity contribution in [2.24, 2.45) is 5.73 Å². The van der Waals surface area contributed by atoms with Crippen LogP contribution in [-0.4, -0.2) is 16.2 Å². The second kappa shape index (κ2) is 4.36. The van der Waals surface area contributed by atoms with E-state index in [1.165, 1.54) is 11.3 Å². The highest BCUT2D eigenvalue weighted by molar-refractivity contribution is 9.11. The lowest BCUT2D eigenvalue weighted by molar-refractivity contribution is 0.259. The molecule has 1 saturated carbocycles. The predicted molar refractivity (Wildman–Crippen MR) is 70.5 cm³/mol. The van der Waals surface area contributed by atoms with Crippen LogP contribution in [-0.2, 0) is 0 Å². The number of amides is 2. The number of thiophene rings is 1. The Bertz CT molecular complexity index is 605. The smallest absolute Gasteiger partial charge is 0.316 e. The number of nitrogens with one attached hydrogen (secondary N) is 1. The SMILES string of the molecule is NC(=O)Nc1cc(Br)sc1-c1nnc(C2CC2)o1. The number of urea groups is 1. The summed E-state index contributed by atoms with van der Waals surface area (Å²) in [6.45, 7) is 0. The molecular formula is C10H9BrN4O2S. The summed E-state index contributed by atoms with van der Waals surface area (Å²) in [6.07, 6.45) is 2.20. The molecule has 2 heterocycles. The maximum Gasteiger partial charge on any atom is 0.316 e. The molecular weight excluding hydrogens is 320 g/mol. The number of nitrogens with two attached hydrogens (primary N) is 1. The number of aromatic nitrogens is 2. The third-order valence-corrected chi connectivity index (χ3v) is 4.15. The predicted octanol–water partition coefficient (Wildman–Crippen LogP) is 2.93. The normalized spacial score (nSPS) is 14.7. The van der Waals surface area contributed by atoms with Crippen molar-refractivity contribution in [3.63, 3.8) is 0 Å². The molecule has 0 atom stereocenters. The molecule has 1 aliphatic rings. The average Bonchev–Trinajstić information content (AvgIpc) is 2.92. The first-order chi connectivity index (χ1) is 8.63. The standard InChI is InChI=1S/C10H9BrN4O2S/c11-6-3-5(13-10(12)16)7(18-6)9-15-14-8(17-9)4-1-2-4/h3-4H,1-2H2,(H3,12,13,16). The summed E-state index contributed by atoms with van der Waals surface area (Å²) < 4.78 is 6.46. The molecule has 0 bridgehead atoms. The minimum atomic E-state index is -0.622. The monoisotopic (exact) mass is 328 g/mol. The molecule has 0 spiro atoms. The van der Waals surface area contributed by atoms with Gasteiger partial charge in [-0.3, -0.25) is 0 Å². The molecule has 0 aliphatic heterocycles. The summed E-state index contributed by atoms with van der Waals surface area (Å²) in [5.41, 5.74) is 5.69. The van der Waals surface area contributed by atoms with Crippen LogP contribution in [0.3, 0.4) is 0 Å². The van der Waals surface area contributed by atoms with E-state index in [1.807, 2.05) is 0 Å². The topological polar surface area (TPSA) is 94.0 Å². The van der Waals surface area contributed by atoms with E-state index >= 15 is 0 Å². The highest BCUT2D eigenvalue weighted by Gasteiger charge is 2.30. The Morgan fingerprint density at radius 1 is 1.56 bits per heavy atom. The number of hydrogen-bond acceptors (Lipinski definition) is 5. The molecule has 18 heavy (non-hydrogen) atoms. The number of carbonyl (C=O) groups excluding carboxylic acids is 1. The second-order valence-corrected chi connectivity index (χ2v) is 6.43. The first-order valence-electron chi connectivity index (χ1n) is 5.33. The fourth-order valence-electron chi connectivity index (χ4n) is 1.57. The fraction of sp³-hybridized carbons (Fsp3) is 0.300. The van der Waals surface area contributed by atoms with Crippen LogP contribution >= 0.6 is 27.3 Å². The van der Waals surface area contributed by atoms with E-state index in [0.29, 0.717) is 28.3 Å². The van der Waals surface area contributed by atoms with Crippen molar-refractivity contribution in [3.8, 4) is 10.8 Å². The van der Waals surface area contributed by atoms with E-state index in [2.05, 4.69) is 31.4 Å². The maximum atomic E-state index is 10.9. The van der Waals surface area contributed by atoms with Gasteiger partial charge in [-0.15, -0.1) is 21.5 Å². The molecule has 0 radical (unpaired) electrons. The second-order valence-electron chi connectivity index (χ2n) is 4.00. The average molecular weight is 329 g/mol. The third-order valence-electron chi connectivity index (χ3n) is 2.52. The van der Waals surface area contributed by atoms with Gasteiger partial charge in [0.25, 0.3) is 5.89 Å². The van der Waals surface area contributed by atoms with Gasteiger partial charge < -0.3 is 15.5 Å². The zero-order valence-electron chi connectivity index (χ0n) is 9.14. The zero-order chi connectivity index (χ0) is 12.7. The summed E-state index contributed by atoms with van der Waals surface area (Å²) in [4.78, 5) is 11.6. The minimum absolute atomic E-state index is 0.405. The molecule has 2 amide bonds. The van der Waals surface area contributed by atoms with Crippen molar-refractivity contribution in [2.45, 2.75) is 18.8 Å². The Balaban J connectivity index is 1.95. The molecule has 0 unspecified atom stereocenters. The summed E-state index contributed by atoms with van der Waals surface area (Å²) in [5.74, 6) is 1.48. The Labute approximate surface area is 115 Å². The summed E-state index contributed by atoms with van der Waals surface area (Å²) in [5, 5.41) is 10.6. The lowest BCUT2D eigenvalue weighted by Gasteiger charge is -1.99. The first-order valence-corrected chi connectivity index (χ1v) is 6.94. The van der Waals surface area contributed by atoms with Crippen LogP contribution in [0.5, 0.6) is 0 Å². The fourth-order valence-corrected chi connectivity index (χ4v) is 3.04. The van der Waals surface area contributed by atoms with Crippen LogP contribution in [0.1, 0.15) is 24.7 Å². The first kappa shape index (κ1) is 11.7. The number of anilines is 1. The van der Waals surface area contributed by atoms with Crippen LogP contribution in [0, 0.1) is 0 Å². The molecule has 3 rings (SSSR count). The van der Waals surface area contributed by atoms with Gasteiger partial charge in [0.05, 0.1) is 9.47 Å². The molecule has 0 aromatic carbocycles. The Morgan fingerprint density at radius 3 is 3.00 bits per heavy atom. The van der Waals surface area contributed by atoms with Gasteiger partial charge in [0.15, 0.2) is 0 Å². The van der Waals surface area contributed by atoms with Gasteiger partial charge in [-0.2, -0.15) is 0 Å². The number of rotatable bonds is 3. The lowest BCUT2D eigenvalue weighted by atomic mass is 10.4. The van der Waals surface area contributed by atoms with E-state index in [1.54, 1.807) is 6.07 Å². The van der Waals surface area contributed by atoms with Gasteiger partial charge >= 0.3 is 6.03 Å². The van der Waals surface area contributed by atoms with Gasteiger partial charge in [-0.1, -0.05) is 0 Å². The summed E-state index contributed by atoms with van der Waals surface area (Å²) >= 11 is 4.76. The van der Waals surface area contributed by atoms with E-state index in [4.69, 9.17) is 10.2 Å². The molecule has 6 nitrogen and oxygen atoms in total. The lowest BCUT2D eigenvalue weighted by Crippen LogP contribution is -2.19. The van der Waals surface area contributed by atoms with Gasteiger partial charge in [-0.25, -0.2) is 4.79 Å². The molecule has 3 N–H and O–H groups in total. The summed E-state index contributed by atoms with van der Waals surface area (Å²) in [7, 11) is 0. The number of nitrogens with zero attached hydrogens (tertiary/aromatic N) is 2. The molecule has 94 valence electrons. The van der Waals surface area contributed by atoms with Crippen molar-refractivity contribution >= 4 is 39.0 Å². The van der Waals surface area contributed by atoms with Crippen molar-refractivity contribution in [3.05, 3.63) is 15.7 Å². The van der Waals surface area contributed by atoms with Crippen LogP contribution in [0.4, 0.5) is 10.5 Å². The highest BCUT2D eigenvalue weighted by atomic mass is 79.9. The van der Waals surface area contributed by atoms with E-state index < -0.39 is 6.03 Å². The third kappa shape index (κ3) is 2.25. The highest BCUT2D eigenvalue weighted by Crippen LogP contribution is 2.43. The van der Waals surface area contributed by atoms with E-state index in [-0.39, 0.29) is 0 Å². The quantitative estimate of drug-likeness (QED) is 0.905. The van der Waals surface area contributed by atoms with Crippen molar-refractivity contribution in [1.29, 1.82) is 0 Å². The van der Waals surface area contributed by atoms with E-state index in [0.717, 1.165) is 16.6 Å². The van der Waals surface area contributed by atoms with Crippen molar-refractivity contribution < 1.29 is 9.21 Å². The Hall–Kier alpha value is -1.41. The van der Waals surface area contributed by atoms with Crippen molar-refractivity contribution in [1.82, 2.24) is 10.2 Å². The molecule has 2 aromatic heterocycles. The molecule has 1 fully saturated rings. The van der Waals surface area contributed by atoms with Crippen LogP contribution in [0.2, 0.25) is 0 Å². The van der Waals surface area contributed by atoms with Gasteiger partial charge in [0, 0.05) is 5.92 Å². The number of primary amides is 1. The Morgan fingerprint density at radius 2 is 2.33 bits per heavy atom. The zero-order valence-corrected chi connectivity index (χ0v) is 11.5. The molecule has 1 aliphatic carbocycles. The van der Waals surface area contributed by atoms with E-state index in [9.17, 15) is 4.79 Å². The molecule has 8 heteroatoms. The number of hydrogen-bond donors (Lipinski definition) is 2. The van der Waals surface area contributed by atoms with Gasteiger partial charge in [-0.05, 0) is 34.8 Å².